The summed E-state index contributed by atoms with van der Waals surface area (Å²) in [5.41, 5.74) is 6.38. The van der Waals surface area contributed by atoms with Gasteiger partial charge in [0.1, 0.15) is 5.82 Å². The van der Waals surface area contributed by atoms with Crippen LogP contribution in [-0.4, -0.2) is 47.9 Å². The molecule has 6 nitrogen and oxygen atoms in total. The van der Waals surface area contributed by atoms with Crippen molar-refractivity contribution in [3.63, 3.8) is 0 Å². The summed E-state index contributed by atoms with van der Waals surface area (Å²) in [5, 5.41) is 5.91. The maximum Gasteiger partial charge on any atom is 0.256 e. The third-order valence-corrected chi connectivity index (χ3v) is 6.89. The fraction of sp³-hybridized carbons (Fsp3) is 0.310. The van der Waals surface area contributed by atoms with Crippen LogP contribution in [0.5, 0.6) is 0 Å². The number of halogens is 1. The lowest BCUT2D eigenvalue weighted by Gasteiger charge is -2.18. The summed E-state index contributed by atoms with van der Waals surface area (Å²) in [7, 11) is 0. The van der Waals surface area contributed by atoms with Crippen LogP contribution in [0.15, 0.2) is 42.5 Å². The summed E-state index contributed by atoms with van der Waals surface area (Å²) in [5.74, 6) is -0.612. The van der Waals surface area contributed by atoms with Gasteiger partial charge in [-0.2, -0.15) is 0 Å². The molecule has 1 aliphatic rings. The van der Waals surface area contributed by atoms with Crippen molar-refractivity contribution in [1.82, 2.24) is 15.2 Å². The van der Waals surface area contributed by atoms with E-state index in [1.165, 1.54) is 6.07 Å². The molecule has 4 rings (SSSR count). The van der Waals surface area contributed by atoms with Crippen LogP contribution in [0.4, 0.5) is 10.1 Å². The lowest BCUT2D eigenvalue weighted by atomic mass is 9.93. The molecule has 3 aromatic rings. The molecule has 0 spiro atoms. The van der Waals surface area contributed by atoms with Gasteiger partial charge in [-0.25, -0.2) is 4.39 Å². The second kappa shape index (κ2) is 10.9. The molecule has 0 unspecified atom stereocenters. The van der Waals surface area contributed by atoms with Crippen molar-refractivity contribution in [2.24, 2.45) is 0 Å². The maximum absolute atomic E-state index is 14.6. The molecule has 1 aliphatic heterocycles. The number of nitrogens with zero attached hydrogens (tertiary/aromatic N) is 1. The zero-order valence-corrected chi connectivity index (χ0v) is 21.3. The van der Waals surface area contributed by atoms with Gasteiger partial charge in [0, 0.05) is 41.3 Å². The highest BCUT2D eigenvalue weighted by atomic mass is 19.1. The van der Waals surface area contributed by atoms with Crippen LogP contribution in [0.3, 0.4) is 0 Å². The number of rotatable bonds is 9. The summed E-state index contributed by atoms with van der Waals surface area (Å²) >= 11 is 0. The van der Waals surface area contributed by atoms with E-state index >= 15 is 0 Å². The number of carbonyl (C=O) groups excluding carboxylic acids is 2. The van der Waals surface area contributed by atoms with Crippen molar-refractivity contribution >= 4 is 29.2 Å². The van der Waals surface area contributed by atoms with Gasteiger partial charge in [-0.05, 0) is 61.8 Å². The number of H-pyrrole nitrogens is 1. The third-order valence-electron chi connectivity index (χ3n) is 6.89. The first-order valence-corrected chi connectivity index (χ1v) is 12.4. The highest BCUT2D eigenvalue weighted by Crippen LogP contribution is 2.41. The van der Waals surface area contributed by atoms with Crippen LogP contribution >= 0.6 is 0 Å². The van der Waals surface area contributed by atoms with Gasteiger partial charge >= 0.3 is 0 Å². The molecular formula is C29H33FN4O2. The molecule has 2 heterocycles. The molecule has 3 N–H and O–H groups in total. The van der Waals surface area contributed by atoms with E-state index in [-0.39, 0.29) is 24.1 Å². The number of aromatic amines is 1. The fourth-order valence-corrected chi connectivity index (χ4v) is 4.78. The average Bonchev–Trinajstić information content (AvgIpc) is 3.32. The van der Waals surface area contributed by atoms with Crippen molar-refractivity contribution in [3.8, 4) is 11.1 Å². The van der Waals surface area contributed by atoms with Gasteiger partial charge in [-0.1, -0.05) is 44.2 Å². The number of hydrogen-bond acceptors (Lipinski definition) is 3. The van der Waals surface area contributed by atoms with E-state index in [0.717, 1.165) is 42.1 Å². The molecule has 1 aromatic heterocycles. The molecule has 0 fully saturated rings. The van der Waals surface area contributed by atoms with E-state index in [4.69, 9.17) is 0 Å². The predicted octanol–water partition coefficient (Wildman–Crippen LogP) is 4.93. The Hall–Kier alpha value is -3.71. The topological polar surface area (TPSA) is 77.2 Å². The van der Waals surface area contributed by atoms with E-state index in [1.807, 2.05) is 32.0 Å². The van der Waals surface area contributed by atoms with Crippen LogP contribution in [0.25, 0.3) is 22.8 Å². The second-order valence-corrected chi connectivity index (χ2v) is 9.04. The molecule has 0 saturated heterocycles. The van der Waals surface area contributed by atoms with Crippen LogP contribution in [0, 0.1) is 19.7 Å². The summed E-state index contributed by atoms with van der Waals surface area (Å²) in [4.78, 5) is 31.2. The van der Waals surface area contributed by atoms with E-state index < -0.39 is 0 Å². The summed E-state index contributed by atoms with van der Waals surface area (Å²) in [6.45, 7) is 11.4. The van der Waals surface area contributed by atoms with Crippen molar-refractivity contribution in [3.05, 3.63) is 76.4 Å². The molecule has 0 atom stereocenters. The Bertz CT molecular complexity index is 1320. The number of fused-ring (bicyclic) bond motifs is 1. The SMILES string of the molecule is CCN(CC)CCNC(=O)Cc1c(C)[nH]c(C=C2C(=O)Nc3cccc(-c4ccccc4F)c32)c1C. The molecule has 2 aromatic carbocycles. The first kappa shape index (κ1) is 25.4. The summed E-state index contributed by atoms with van der Waals surface area (Å²) < 4.78 is 14.6. The molecular weight excluding hydrogens is 455 g/mol. The Balaban J connectivity index is 1.61. The van der Waals surface area contributed by atoms with Crippen LogP contribution < -0.4 is 10.6 Å². The van der Waals surface area contributed by atoms with Crippen LogP contribution in [0.2, 0.25) is 0 Å². The Morgan fingerprint density at radius 3 is 2.50 bits per heavy atom. The highest BCUT2D eigenvalue weighted by molar-refractivity contribution is 6.36. The molecule has 0 saturated carbocycles. The number of aromatic nitrogens is 1. The zero-order valence-electron chi connectivity index (χ0n) is 21.3. The fourth-order valence-electron chi connectivity index (χ4n) is 4.78. The number of hydrogen-bond donors (Lipinski definition) is 3. The highest BCUT2D eigenvalue weighted by Gasteiger charge is 2.28. The molecule has 36 heavy (non-hydrogen) atoms. The summed E-state index contributed by atoms with van der Waals surface area (Å²) in [6.07, 6.45) is 2.06. The molecule has 0 radical (unpaired) electrons. The number of likely N-dealkylation sites (N-methyl/N-ethyl adjacent to an activating group) is 1. The Morgan fingerprint density at radius 1 is 1.06 bits per heavy atom. The first-order valence-electron chi connectivity index (χ1n) is 12.4. The van der Waals surface area contributed by atoms with Crippen LogP contribution in [-0.2, 0) is 16.0 Å². The number of carbonyl (C=O) groups is 2. The van der Waals surface area contributed by atoms with E-state index in [9.17, 15) is 14.0 Å². The van der Waals surface area contributed by atoms with Gasteiger partial charge < -0.3 is 20.5 Å². The zero-order chi connectivity index (χ0) is 25.8. The Morgan fingerprint density at radius 2 is 1.78 bits per heavy atom. The predicted molar refractivity (Wildman–Crippen MR) is 143 cm³/mol. The standard InChI is InChI=1S/C29H33FN4O2/c1-5-34(6-2)15-14-31-27(35)17-22-18(3)26(32-19(22)4)16-23-28-21(20-10-7-8-12-24(20)30)11-9-13-25(28)33-29(23)36/h7-13,16,32H,5-6,14-15,17H2,1-4H3,(H,31,35)(H,33,36). The number of benzene rings is 2. The van der Waals surface area contributed by atoms with Crippen LogP contribution in [0.1, 0.15) is 41.9 Å². The van der Waals surface area contributed by atoms with Crippen molar-refractivity contribution in [2.75, 3.05) is 31.5 Å². The van der Waals surface area contributed by atoms with E-state index in [1.54, 1.807) is 24.3 Å². The van der Waals surface area contributed by atoms with Gasteiger partial charge in [0.05, 0.1) is 12.0 Å². The van der Waals surface area contributed by atoms with Crippen molar-refractivity contribution in [1.29, 1.82) is 0 Å². The average molecular weight is 489 g/mol. The van der Waals surface area contributed by atoms with Gasteiger partial charge in [-0.3, -0.25) is 9.59 Å². The van der Waals surface area contributed by atoms with Gasteiger partial charge in [0.2, 0.25) is 5.91 Å². The quantitative estimate of drug-likeness (QED) is 0.374. The number of anilines is 1. The van der Waals surface area contributed by atoms with E-state index in [0.29, 0.717) is 34.5 Å². The smallest absolute Gasteiger partial charge is 0.256 e. The van der Waals surface area contributed by atoms with Crippen molar-refractivity contribution in [2.45, 2.75) is 34.1 Å². The molecule has 0 aliphatic carbocycles. The molecule has 0 bridgehead atoms. The van der Waals surface area contributed by atoms with Gasteiger partial charge in [0.15, 0.2) is 0 Å². The monoisotopic (exact) mass is 488 g/mol. The lowest BCUT2D eigenvalue weighted by molar-refractivity contribution is -0.120. The van der Waals surface area contributed by atoms with Crippen molar-refractivity contribution < 1.29 is 14.0 Å². The second-order valence-electron chi connectivity index (χ2n) is 9.04. The van der Waals surface area contributed by atoms with Gasteiger partial charge in [-0.15, -0.1) is 0 Å². The largest absolute Gasteiger partial charge is 0.359 e. The first-order chi connectivity index (χ1) is 17.3. The lowest BCUT2D eigenvalue weighted by Crippen LogP contribution is -2.35. The Kier molecular flexibility index (Phi) is 7.70. The minimum absolute atomic E-state index is 0.0302. The molecule has 188 valence electrons. The summed E-state index contributed by atoms with van der Waals surface area (Å²) in [6, 6.07) is 12.0. The minimum atomic E-state index is -0.342. The van der Waals surface area contributed by atoms with E-state index in [2.05, 4.69) is 34.4 Å². The number of aryl methyl sites for hydroxylation is 1. The molecule has 7 heteroatoms. The normalized spacial score (nSPS) is 13.8. The third kappa shape index (κ3) is 5.11. The molecule has 2 amide bonds. The van der Waals surface area contributed by atoms with Gasteiger partial charge in [0.25, 0.3) is 5.91 Å². The minimum Gasteiger partial charge on any atom is -0.359 e. The number of amides is 2. The Labute approximate surface area is 211 Å². The number of nitrogens with one attached hydrogen (secondary N) is 3. The maximum atomic E-state index is 14.6.